The Bertz CT molecular complexity index is 747. The van der Waals surface area contributed by atoms with Crippen LogP contribution in [0, 0.1) is 0 Å². The predicted octanol–water partition coefficient (Wildman–Crippen LogP) is 3.31. The van der Waals surface area contributed by atoms with Crippen LogP contribution in [-0.2, 0) is 4.79 Å². The summed E-state index contributed by atoms with van der Waals surface area (Å²) in [5, 5.41) is 3.89. The molecule has 1 saturated heterocycles. The second-order valence-electron chi connectivity index (χ2n) is 5.25. The lowest BCUT2D eigenvalue weighted by Gasteiger charge is -2.35. The van der Waals surface area contributed by atoms with Crippen molar-refractivity contribution in [3.63, 3.8) is 0 Å². The Kier molecular flexibility index (Phi) is 4.55. The normalized spacial score (nSPS) is 17.7. The van der Waals surface area contributed by atoms with Crippen molar-refractivity contribution in [3.8, 4) is 0 Å². The van der Waals surface area contributed by atoms with Gasteiger partial charge < -0.3 is 10.2 Å². The molecule has 0 bridgehead atoms. The first-order valence-electron chi connectivity index (χ1n) is 7.16. The lowest BCUT2D eigenvalue weighted by atomic mass is 10.0. The summed E-state index contributed by atoms with van der Waals surface area (Å²) in [5.41, 5.74) is 1.19. The Balaban J connectivity index is 1.96. The molecule has 0 aliphatic carbocycles. The number of amides is 2. The molecule has 0 aromatic heterocycles. The molecule has 0 saturated carbocycles. The third kappa shape index (κ3) is 3.33. The third-order valence-corrected chi connectivity index (χ3v) is 4.22. The van der Waals surface area contributed by atoms with Crippen molar-refractivity contribution >= 4 is 35.0 Å². The number of carbonyl (C=O) groups is 2. The topological polar surface area (TPSA) is 49.4 Å². The van der Waals surface area contributed by atoms with Gasteiger partial charge in [0.05, 0.1) is 0 Å². The molecule has 4 nitrogen and oxygen atoms in total. The summed E-state index contributed by atoms with van der Waals surface area (Å²) in [7, 11) is 0. The van der Waals surface area contributed by atoms with Gasteiger partial charge in [0.1, 0.15) is 6.04 Å². The molecule has 1 aliphatic rings. The number of rotatable bonds is 2. The SMILES string of the molecule is O=C1NCCN(C(=O)c2ccc(Cl)cc2)C1c1cccc(Cl)c1. The first-order valence-corrected chi connectivity index (χ1v) is 7.91. The summed E-state index contributed by atoms with van der Waals surface area (Å²) in [6.45, 7) is 0.861. The highest BCUT2D eigenvalue weighted by molar-refractivity contribution is 6.31. The van der Waals surface area contributed by atoms with Crippen LogP contribution in [0.3, 0.4) is 0 Å². The molecule has 0 spiro atoms. The van der Waals surface area contributed by atoms with E-state index in [9.17, 15) is 9.59 Å². The Labute approximate surface area is 144 Å². The zero-order chi connectivity index (χ0) is 16.4. The smallest absolute Gasteiger partial charge is 0.254 e. The number of nitrogens with zero attached hydrogens (tertiary/aromatic N) is 1. The molecule has 1 N–H and O–H groups in total. The summed E-state index contributed by atoms with van der Waals surface area (Å²) < 4.78 is 0. The molecule has 1 aliphatic heterocycles. The maximum absolute atomic E-state index is 12.8. The highest BCUT2D eigenvalue weighted by Crippen LogP contribution is 2.27. The van der Waals surface area contributed by atoms with E-state index in [-0.39, 0.29) is 11.8 Å². The van der Waals surface area contributed by atoms with Crippen LogP contribution >= 0.6 is 23.2 Å². The van der Waals surface area contributed by atoms with Gasteiger partial charge >= 0.3 is 0 Å². The van der Waals surface area contributed by atoms with E-state index in [1.54, 1.807) is 53.4 Å². The minimum Gasteiger partial charge on any atom is -0.352 e. The molecular formula is C17H14Cl2N2O2. The number of halogens is 2. The van der Waals surface area contributed by atoms with Crippen molar-refractivity contribution in [3.05, 3.63) is 69.7 Å². The van der Waals surface area contributed by atoms with E-state index in [0.717, 1.165) is 0 Å². The fourth-order valence-corrected chi connectivity index (χ4v) is 2.98. The molecule has 1 atom stereocenters. The van der Waals surface area contributed by atoms with Crippen molar-refractivity contribution in [1.29, 1.82) is 0 Å². The van der Waals surface area contributed by atoms with Gasteiger partial charge in [0, 0.05) is 28.7 Å². The van der Waals surface area contributed by atoms with Crippen molar-refractivity contribution in [2.24, 2.45) is 0 Å². The van der Waals surface area contributed by atoms with Crippen LogP contribution in [0.1, 0.15) is 22.0 Å². The van der Waals surface area contributed by atoms with Crippen molar-refractivity contribution in [2.75, 3.05) is 13.1 Å². The molecule has 2 aromatic rings. The van der Waals surface area contributed by atoms with Gasteiger partial charge in [-0.2, -0.15) is 0 Å². The van der Waals surface area contributed by atoms with Gasteiger partial charge in [0.15, 0.2) is 0 Å². The molecule has 0 radical (unpaired) electrons. The first-order chi connectivity index (χ1) is 11.1. The lowest BCUT2D eigenvalue weighted by Crippen LogP contribution is -2.52. The molecule has 1 heterocycles. The van der Waals surface area contributed by atoms with E-state index in [0.29, 0.717) is 34.3 Å². The van der Waals surface area contributed by atoms with Gasteiger partial charge in [-0.25, -0.2) is 0 Å². The molecular weight excluding hydrogens is 335 g/mol. The van der Waals surface area contributed by atoms with Crippen LogP contribution < -0.4 is 5.32 Å². The maximum atomic E-state index is 12.8. The summed E-state index contributed by atoms with van der Waals surface area (Å²) in [4.78, 5) is 26.7. The minimum atomic E-state index is -0.689. The summed E-state index contributed by atoms with van der Waals surface area (Å²) in [6.07, 6.45) is 0. The Morgan fingerprint density at radius 3 is 2.52 bits per heavy atom. The number of carbonyl (C=O) groups excluding carboxylic acids is 2. The van der Waals surface area contributed by atoms with Gasteiger partial charge in [-0.05, 0) is 42.0 Å². The standard InChI is InChI=1S/C17H14Cl2N2O2/c18-13-6-4-11(5-7-13)17(23)21-9-8-20-16(22)15(21)12-2-1-3-14(19)10-12/h1-7,10,15H,8-9H2,(H,20,22). The molecule has 118 valence electrons. The predicted molar refractivity (Wildman–Crippen MR) is 89.7 cm³/mol. The van der Waals surface area contributed by atoms with E-state index in [2.05, 4.69) is 5.32 Å². The van der Waals surface area contributed by atoms with Crippen LogP contribution in [-0.4, -0.2) is 29.8 Å². The van der Waals surface area contributed by atoms with Crippen LogP contribution in [0.5, 0.6) is 0 Å². The van der Waals surface area contributed by atoms with Crippen molar-refractivity contribution in [1.82, 2.24) is 10.2 Å². The molecule has 1 fully saturated rings. The fourth-order valence-electron chi connectivity index (χ4n) is 2.65. The fraction of sp³-hybridized carbons (Fsp3) is 0.176. The first kappa shape index (κ1) is 15.8. The van der Waals surface area contributed by atoms with Crippen molar-refractivity contribution < 1.29 is 9.59 Å². The average Bonchev–Trinajstić information content (AvgIpc) is 2.54. The lowest BCUT2D eigenvalue weighted by molar-refractivity contribution is -0.128. The highest BCUT2D eigenvalue weighted by Gasteiger charge is 2.34. The van der Waals surface area contributed by atoms with Gasteiger partial charge in [-0.3, -0.25) is 9.59 Å². The molecule has 2 amide bonds. The van der Waals surface area contributed by atoms with E-state index in [1.165, 1.54) is 0 Å². The van der Waals surface area contributed by atoms with Crippen LogP contribution in [0.25, 0.3) is 0 Å². The van der Waals surface area contributed by atoms with Gasteiger partial charge in [-0.1, -0.05) is 35.3 Å². The summed E-state index contributed by atoms with van der Waals surface area (Å²) in [6, 6.07) is 13.0. The zero-order valence-electron chi connectivity index (χ0n) is 12.1. The molecule has 1 unspecified atom stereocenters. The monoisotopic (exact) mass is 348 g/mol. The number of hydrogen-bond donors (Lipinski definition) is 1. The quantitative estimate of drug-likeness (QED) is 0.904. The highest BCUT2D eigenvalue weighted by atomic mass is 35.5. The second-order valence-corrected chi connectivity index (χ2v) is 6.13. The molecule has 2 aromatic carbocycles. The number of piperazine rings is 1. The van der Waals surface area contributed by atoms with Crippen LogP contribution in [0.4, 0.5) is 0 Å². The molecule has 23 heavy (non-hydrogen) atoms. The van der Waals surface area contributed by atoms with E-state index in [4.69, 9.17) is 23.2 Å². The zero-order valence-corrected chi connectivity index (χ0v) is 13.6. The second kappa shape index (κ2) is 6.60. The average molecular weight is 349 g/mol. The van der Waals surface area contributed by atoms with Gasteiger partial charge in [-0.15, -0.1) is 0 Å². The minimum absolute atomic E-state index is 0.207. The van der Waals surface area contributed by atoms with Crippen LogP contribution in [0.2, 0.25) is 10.0 Å². The largest absolute Gasteiger partial charge is 0.352 e. The summed E-state index contributed by atoms with van der Waals surface area (Å²) in [5.74, 6) is -0.415. The van der Waals surface area contributed by atoms with Crippen LogP contribution in [0.15, 0.2) is 48.5 Å². The maximum Gasteiger partial charge on any atom is 0.254 e. The number of nitrogens with one attached hydrogen (secondary N) is 1. The summed E-state index contributed by atoms with van der Waals surface area (Å²) >= 11 is 11.9. The molecule has 3 rings (SSSR count). The molecule has 6 heteroatoms. The Morgan fingerprint density at radius 1 is 1.09 bits per heavy atom. The van der Waals surface area contributed by atoms with E-state index in [1.807, 2.05) is 0 Å². The number of hydrogen-bond acceptors (Lipinski definition) is 2. The Morgan fingerprint density at radius 2 is 1.83 bits per heavy atom. The van der Waals surface area contributed by atoms with Gasteiger partial charge in [0.25, 0.3) is 5.91 Å². The van der Waals surface area contributed by atoms with Gasteiger partial charge in [0.2, 0.25) is 5.91 Å². The van der Waals surface area contributed by atoms with E-state index < -0.39 is 6.04 Å². The van der Waals surface area contributed by atoms with E-state index >= 15 is 0 Å². The third-order valence-electron chi connectivity index (χ3n) is 3.73. The van der Waals surface area contributed by atoms with Crippen molar-refractivity contribution in [2.45, 2.75) is 6.04 Å². The number of benzene rings is 2. The Hall–Kier alpha value is -2.04.